The zero-order valence-electron chi connectivity index (χ0n) is 36.3. The number of nitrogens with zero attached hydrogens (tertiary/aromatic N) is 5. The van der Waals surface area contributed by atoms with E-state index in [1.165, 1.54) is 0 Å². The molecule has 5 aromatic heterocycles. The average molecular weight is 1030 g/mol. The van der Waals surface area contributed by atoms with Gasteiger partial charge in [0.25, 0.3) is 0 Å². The fraction of sp³-hybridized carbons (Fsp3) is 0.0164. The molecule has 0 spiro atoms. The topological polar surface area (TPSA) is 56.0 Å². The summed E-state index contributed by atoms with van der Waals surface area (Å²) in [5.41, 5.74) is 20.9. The van der Waals surface area contributed by atoms with Gasteiger partial charge in [-0.05, 0) is 99.2 Å². The van der Waals surface area contributed by atoms with E-state index in [1.807, 2.05) is 73.4 Å². The van der Waals surface area contributed by atoms with Crippen molar-refractivity contribution < 1.29 is 20.1 Å². The number of hydrogen-bond donors (Lipinski definition) is 0. The molecule has 0 unspecified atom stereocenters. The molecule has 0 radical (unpaired) electrons. The van der Waals surface area contributed by atoms with E-state index in [0.29, 0.717) is 0 Å². The Labute approximate surface area is 402 Å². The van der Waals surface area contributed by atoms with Gasteiger partial charge in [0.2, 0.25) is 0 Å². The Morgan fingerprint density at radius 3 is 1.36 bits per heavy atom. The number of hydrogen-bond acceptors (Lipinski definition) is 4. The molecule has 0 aliphatic rings. The second-order valence-electron chi connectivity index (χ2n) is 16.5. The average Bonchev–Trinajstić information content (AvgIpc) is 3.90. The molecule has 67 heavy (non-hydrogen) atoms. The van der Waals surface area contributed by atoms with Crippen molar-refractivity contribution in [1.29, 1.82) is 0 Å². The molecule has 0 saturated carbocycles. The summed E-state index contributed by atoms with van der Waals surface area (Å²) >= 11 is 0. The number of rotatable bonds is 8. The first-order chi connectivity index (χ1) is 32.6. The molecular formula is C61H38IrN5. The van der Waals surface area contributed by atoms with E-state index in [2.05, 4.69) is 179 Å². The van der Waals surface area contributed by atoms with Crippen LogP contribution in [0.1, 0.15) is 5.56 Å². The smallest absolute Gasteiger partial charge is 0.342 e. The number of imidazole rings is 1. The molecular weight excluding hydrogens is 995 g/mol. The zero-order chi connectivity index (χ0) is 44.0. The second-order valence-corrected chi connectivity index (χ2v) is 16.5. The fourth-order valence-electron chi connectivity index (χ4n) is 9.33. The number of aryl methyl sites for hydroxylation is 1. The third-order valence-electron chi connectivity index (χ3n) is 12.5. The summed E-state index contributed by atoms with van der Waals surface area (Å²) < 4.78 is 2.17. The summed E-state index contributed by atoms with van der Waals surface area (Å²) in [6.45, 7) is 2.11. The molecule has 0 N–H and O–H groups in total. The molecule has 7 aromatic carbocycles. The first kappa shape index (κ1) is 41.5. The monoisotopic (exact) mass is 1030 g/mol. The minimum Gasteiger partial charge on any atom is -0.342 e. The van der Waals surface area contributed by atoms with Gasteiger partial charge >= 0.3 is 20.1 Å². The van der Waals surface area contributed by atoms with Crippen molar-refractivity contribution in [1.82, 2.24) is 24.3 Å². The molecule has 0 amide bonds. The molecule has 5 heterocycles. The van der Waals surface area contributed by atoms with Crippen molar-refractivity contribution in [2.45, 2.75) is 6.92 Å². The van der Waals surface area contributed by atoms with E-state index in [-0.39, 0.29) is 20.1 Å². The molecule has 0 bridgehead atoms. The number of benzene rings is 7. The van der Waals surface area contributed by atoms with Crippen LogP contribution >= 0.6 is 0 Å². The minimum atomic E-state index is 0. The van der Waals surface area contributed by atoms with E-state index in [4.69, 9.17) is 9.97 Å². The molecule has 0 atom stereocenters. The molecule has 316 valence electrons. The van der Waals surface area contributed by atoms with Gasteiger partial charge in [-0.2, -0.15) is 0 Å². The predicted molar refractivity (Wildman–Crippen MR) is 268 cm³/mol. The third kappa shape index (κ3) is 7.62. The first-order valence-electron chi connectivity index (χ1n) is 22.0. The normalized spacial score (nSPS) is 11.2. The maximum atomic E-state index is 4.84. The van der Waals surface area contributed by atoms with E-state index in [1.54, 1.807) is 0 Å². The maximum Gasteiger partial charge on any atom is 3.00 e. The molecule has 0 aliphatic carbocycles. The summed E-state index contributed by atoms with van der Waals surface area (Å²) in [5, 5.41) is 2.02. The zero-order valence-corrected chi connectivity index (χ0v) is 38.7. The summed E-state index contributed by atoms with van der Waals surface area (Å²) in [7, 11) is 0. The van der Waals surface area contributed by atoms with E-state index >= 15 is 0 Å². The van der Waals surface area contributed by atoms with Gasteiger partial charge in [0.05, 0.1) is 0 Å². The second kappa shape index (κ2) is 17.7. The standard InChI is InChI=1S/C61H38N5.Ir/c1-40-30-33-64-60-55-29-28-45(39-58(55)66-35-34-65-61(66)59(40)60)51-14-4-7-17-54(51)48-37-46(52-15-5-2-12-49(52)41-20-24-43(25-21-41)56-18-8-10-31-62-56)36-47(38-48)53-16-6-3-13-50(53)42-22-26-44(27-23-42)57-19-9-11-32-63-57;/h2-24,26,28,30-39H,1H3;/q-3;+3. The van der Waals surface area contributed by atoms with Crippen LogP contribution in [-0.4, -0.2) is 24.3 Å². The van der Waals surface area contributed by atoms with Gasteiger partial charge in [-0.1, -0.05) is 130 Å². The molecule has 12 aromatic rings. The molecule has 5 nitrogen and oxygen atoms in total. The van der Waals surface area contributed by atoms with E-state index in [0.717, 1.165) is 122 Å². The van der Waals surface area contributed by atoms with Crippen LogP contribution in [0.25, 0.3) is 117 Å². The maximum absolute atomic E-state index is 4.84. The van der Waals surface area contributed by atoms with Crippen molar-refractivity contribution in [2.75, 3.05) is 0 Å². The van der Waals surface area contributed by atoms with E-state index in [9.17, 15) is 0 Å². The van der Waals surface area contributed by atoms with Crippen molar-refractivity contribution in [3.63, 3.8) is 0 Å². The van der Waals surface area contributed by atoms with Crippen molar-refractivity contribution in [3.8, 4) is 89.3 Å². The molecule has 12 rings (SSSR count). The van der Waals surface area contributed by atoms with E-state index < -0.39 is 0 Å². The Morgan fingerprint density at radius 2 is 0.881 bits per heavy atom. The molecule has 0 saturated heterocycles. The van der Waals surface area contributed by atoms with Crippen molar-refractivity contribution >= 4 is 27.5 Å². The van der Waals surface area contributed by atoms with Gasteiger partial charge in [-0.3, -0.25) is 0 Å². The third-order valence-corrected chi connectivity index (χ3v) is 12.5. The number of fused-ring (bicyclic) bond motifs is 6. The first-order valence-corrected chi connectivity index (χ1v) is 22.0. The van der Waals surface area contributed by atoms with Gasteiger partial charge in [-0.15, -0.1) is 83.2 Å². The summed E-state index contributed by atoms with van der Waals surface area (Å²) in [4.78, 5) is 18.8. The molecule has 0 fully saturated rings. The van der Waals surface area contributed by atoms with Gasteiger partial charge in [0.15, 0.2) is 0 Å². The van der Waals surface area contributed by atoms with Gasteiger partial charge < -0.3 is 19.4 Å². The van der Waals surface area contributed by atoms with Gasteiger partial charge in [0, 0.05) is 41.9 Å². The van der Waals surface area contributed by atoms with Gasteiger partial charge in [0.1, 0.15) is 5.65 Å². The van der Waals surface area contributed by atoms with Crippen LogP contribution in [-0.2, 0) is 20.1 Å². The molecule has 6 heteroatoms. The Bertz CT molecular complexity index is 3610. The summed E-state index contributed by atoms with van der Waals surface area (Å²) in [6.07, 6.45) is 9.41. The SMILES string of the molecule is Cc1ccnc2c3[c-]cc(-c4ccccc4-c4cc(-c5ccccc5-c5c[c-]c(-c6ccccn6)cc5)cc(-c5ccccc5-c5c[c-]c(-c6ccccn6)cc5)c4)cc3n3ccnc3c12.[Ir+3]. The number of aromatic nitrogens is 5. The largest absolute Gasteiger partial charge is 3.00 e. The minimum absolute atomic E-state index is 0. The van der Waals surface area contributed by atoms with Crippen LogP contribution in [0.2, 0.25) is 0 Å². The Kier molecular flexibility index (Phi) is 11.0. The van der Waals surface area contributed by atoms with Crippen LogP contribution in [0.3, 0.4) is 0 Å². The van der Waals surface area contributed by atoms with Crippen molar-refractivity contribution in [3.05, 3.63) is 237 Å². The predicted octanol–water partition coefficient (Wildman–Crippen LogP) is 14.9. The summed E-state index contributed by atoms with van der Waals surface area (Å²) in [5.74, 6) is 0. The molecule has 0 aliphatic heterocycles. The van der Waals surface area contributed by atoms with Crippen LogP contribution in [0, 0.1) is 25.1 Å². The van der Waals surface area contributed by atoms with Crippen LogP contribution in [0.5, 0.6) is 0 Å². The van der Waals surface area contributed by atoms with Crippen LogP contribution in [0.4, 0.5) is 0 Å². The quantitative estimate of drug-likeness (QED) is 0.112. The Balaban J connectivity index is 0.00000494. The van der Waals surface area contributed by atoms with Crippen molar-refractivity contribution in [2.24, 2.45) is 0 Å². The van der Waals surface area contributed by atoms with Crippen LogP contribution < -0.4 is 0 Å². The summed E-state index contributed by atoms with van der Waals surface area (Å²) in [6, 6.07) is 74.8. The number of pyridine rings is 4. The van der Waals surface area contributed by atoms with Crippen LogP contribution in [0.15, 0.2) is 213 Å². The Morgan fingerprint density at radius 1 is 0.403 bits per heavy atom. The fourth-order valence-corrected chi connectivity index (χ4v) is 9.33. The Hall–Kier alpha value is -8.15. The van der Waals surface area contributed by atoms with Gasteiger partial charge in [-0.25, -0.2) is 4.98 Å².